The van der Waals surface area contributed by atoms with E-state index in [2.05, 4.69) is 22.1 Å². The normalized spacial score (nSPS) is 16.7. The molecular formula is C20H24ClN3O3. The summed E-state index contributed by atoms with van der Waals surface area (Å²) in [4.78, 5) is 19.5. The Balaban J connectivity index is 1.82. The summed E-state index contributed by atoms with van der Waals surface area (Å²) >= 11 is 6.12. The first-order chi connectivity index (χ1) is 13.0. The average Bonchev–Trinajstić information content (AvgIpc) is 2.69. The number of nitrogens with zero attached hydrogens (tertiary/aromatic N) is 2. The number of ether oxygens (including phenoxy) is 2. The number of amides is 1. The monoisotopic (exact) mass is 389 g/mol. The van der Waals surface area contributed by atoms with E-state index in [9.17, 15) is 4.79 Å². The minimum Gasteiger partial charge on any atom is -0.495 e. The smallest absolute Gasteiger partial charge is 0.255 e. The number of hydrogen-bond donors (Lipinski definition) is 1. The molecule has 0 bridgehead atoms. The molecule has 6 nitrogen and oxygen atoms in total. The van der Waals surface area contributed by atoms with Crippen LogP contribution in [0.5, 0.6) is 11.5 Å². The van der Waals surface area contributed by atoms with E-state index in [0.29, 0.717) is 33.7 Å². The Morgan fingerprint density at radius 2 is 2.04 bits per heavy atom. The fourth-order valence-electron chi connectivity index (χ4n) is 3.28. The van der Waals surface area contributed by atoms with Crippen molar-refractivity contribution in [2.24, 2.45) is 5.92 Å². The Hall–Kier alpha value is -2.47. The highest BCUT2D eigenvalue weighted by atomic mass is 35.5. The van der Waals surface area contributed by atoms with Crippen LogP contribution in [-0.2, 0) is 0 Å². The van der Waals surface area contributed by atoms with Crippen LogP contribution in [0.4, 0.5) is 11.5 Å². The number of halogens is 1. The molecule has 0 spiro atoms. The minimum atomic E-state index is -0.244. The highest BCUT2D eigenvalue weighted by molar-refractivity contribution is 6.32. The SMILES string of the molecule is COc1cc(NC(=O)c2ccnc(N3CCCC(C)C3)c2)c(OC)cc1Cl. The Morgan fingerprint density at radius 1 is 1.26 bits per heavy atom. The Labute approximate surface area is 164 Å². The van der Waals surface area contributed by atoms with Crippen LogP contribution >= 0.6 is 11.6 Å². The summed E-state index contributed by atoms with van der Waals surface area (Å²) in [5, 5.41) is 3.28. The second-order valence-electron chi connectivity index (χ2n) is 6.74. The third-order valence-electron chi connectivity index (χ3n) is 4.71. The molecule has 1 aliphatic heterocycles. The van der Waals surface area contributed by atoms with Crippen molar-refractivity contribution >= 4 is 29.0 Å². The van der Waals surface area contributed by atoms with Gasteiger partial charge in [-0.05, 0) is 30.9 Å². The molecule has 1 aromatic carbocycles. The molecule has 0 saturated carbocycles. The molecule has 144 valence electrons. The molecule has 1 unspecified atom stereocenters. The summed E-state index contributed by atoms with van der Waals surface area (Å²) in [7, 11) is 3.05. The van der Waals surface area contributed by atoms with Crippen LogP contribution in [0, 0.1) is 5.92 Å². The second kappa shape index (κ2) is 8.48. The number of carbonyl (C=O) groups excluding carboxylic acids is 1. The summed E-state index contributed by atoms with van der Waals surface area (Å²) in [5.74, 6) is 2.14. The van der Waals surface area contributed by atoms with Crippen molar-refractivity contribution in [3.8, 4) is 11.5 Å². The van der Waals surface area contributed by atoms with E-state index in [0.717, 1.165) is 25.3 Å². The van der Waals surface area contributed by atoms with Crippen molar-refractivity contribution < 1.29 is 14.3 Å². The molecule has 0 radical (unpaired) electrons. The number of piperidine rings is 1. The summed E-state index contributed by atoms with van der Waals surface area (Å²) in [6, 6.07) is 6.79. The minimum absolute atomic E-state index is 0.244. The van der Waals surface area contributed by atoms with Crippen molar-refractivity contribution in [3.05, 3.63) is 41.0 Å². The first-order valence-electron chi connectivity index (χ1n) is 8.95. The van der Waals surface area contributed by atoms with Gasteiger partial charge in [-0.25, -0.2) is 4.98 Å². The van der Waals surface area contributed by atoms with Crippen molar-refractivity contribution in [2.75, 3.05) is 37.5 Å². The highest BCUT2D eigenvalue weighted by Gasteiger charge is 2.19. The molecule has 1 saturated heterocycles. The number of anilines is 2. The van der Waals surface area contributed by atoms with Crippen LogP contribution in [0.1, 0.15) is 30.1 Å². The van der Waals surface area contributed by atoms with Crippen LogP contribution < -0.4 is 19.7 Å². The number of hydrogen-bond acceptors (Lipinski definition) is 5. The number of carbonyl (C=O) groups is 1. The molecule has 1 atom stereocenters. The molecular weight excluding hydrogens is 366 g/mol. The lowest BCUT2D eigenvalue weighted by Gasteiger charge is -2.31. The Morgan fingerprint density at radius 3 is 2.74 bits per heavy atom. The van der Waals surface area contributed by atoms with E-state index in [4.69, 9.17) is 21.1 Å². The lowest BCUT2D eigenvalue weighted by molar-refractivity contribution is 0.102. The molecule has 1 N–H and O–H groups in total. The van der Waals surface area contributed by atoms with Crippen LogP contribution in [-0.4, -0.2) is 38.2 Å². The number of methoxy groups -OCH3 is 2. The molecule has 1 aromatic heterocycles. The van der Waals surface area contributed by atoms with E-state index in [1.165, 1.54) is 20.6 Å². The topological polar surface area (TPSA) is 63.7 Å². The van der Waals surface area contributed by atoms with Gasteiger partial charge in [0.25, 0.3) is 5.91 Å². The zero-order valence-corrected chi connectivity index (χ0v) is 16.5. The first kappa shape index (κ1) is 19.3. The van der Waals surface area contributed by atoms with Gasteiger partial charge < -0.3 is 19.7 Å². The van der Waals surface area contributed by atoms with Gasteiger partial charge in [0.1, 0.15) is 17.3 Å². The molecule has 7 heteroatoms. The zero-order valence-electron chi connectivity index (χ0n) is 15.8. The number of pyridine rings is 1. The average molecular weight is 390 g/mol. The van der Waals surface area contributed by atoms with Gasteiger partial charge in [-0.15, -0.1) is 0 Å². The van der Waals surface area contributed by atoms with Crippen molar-refractivity contribution in [1.29, 1.82) is 0 Å². The lowest BCUT2D eigenvalue weighted by atomic mass is 10.0. The van der Waals surface area contributed by atoms with Gasteiger partial charge in [-0.1, -0.05) is 18.5 Å². The lowest BCUT2D eigenvalue weighted by Crippen LogP contribution is -2.34. The molecule has 2 heterocycles. The number of aromatic nitrogens is 1. The van der Waals surface area contributed by atoms with Gasteiger partial charge in [0.15, 0.2) is 0 Å². The number of rotatable bonds is 5. The third kappa shape index (κ3) is 4.45. The maximum Gasteiger partial charge on any atom is 0.255 e. The van der Waals surface area contributed by atoms with Crippen LogP contribution in [0.3, 0.4) is 0 Å². The molecule has 1 aliphatic rings. The van der Waals surface area contributed by atoms with Gasteiger partial charge in [-0.2, -0.15) is 0 Å². The zero-order chi connectivity index (χ0) is 19.4. The van der Waals surface area contributed by atoms with Gasteiger partial charge in [0.05, 0.1) is 24.9 Å². The van der Waals surface area contributed by atoms with Gasteiger partial charge in [0.2, 0.25) is 0 Å². The van der Waals surface area contributed by atoms with Crippen LogP contribution in [0.25, 0.3) is 0 Å². The first-order valence-corrected chi connectivity index (χ1v) is 9.33. The van der Waals surface area contributed by atoms with Gasteiger partial charge in [0, 0.05) is 37.0 Å². The van der Waals surface area contributed by atoms with Crippen LogP contribution in [0.15, 0.2) is 30.5 Å². The highest BCUT2D eigenvalue weighted by Crippen LogP contribution is 2.36. The molecule has 1 amide bonds. The summed E-state index contributed by atoms with van der Waals surface area (Å²) in [6.45, 7) is 4.16. The van der Waals surface area contributed by atoms with E-state index in [-0.39, 0.29) is 5.91 Å². The maximum absolute atomic E-state index is 12.8. The molecule has 0 aliphatic carbocycles. The fraction of sp³-hybridized carbons (Fsp3) is 0.400. The number of nitrogens with one attached hydrogen (secondary N) is 1. The van der Waals surface area contributed by atoms with E-state index >= 15 is 0 Å². The Bertz CT molecular complexity index is 828. The van der Waals surface area contributed by atoms with Crippen molar-refractivity contribution in [2.45, 2.75) is 19.8 Å². The van der Waals surface area contributed by atoms with Crippen molar-refractivity contribution in [1.82, 2.24) is 4.98 Å². The second-order valence-corrected chi connectivity index (χ2v) is 7.14. The van der Waals surface area contributed by atoms with E-state index in [1.54, 1.807) is 24.4 Å². The standard InChI is InChI=1S/C20H24ClN3O3/c1-13-5-4-8-24(12-13)19-9-14(6-7-22-19)20(25)23-16-11-17(26-2)15(21)10-18(16)27-3/h6-7,9-11,13H,4-5,8,12H2,1-3H3,(H,23,25). The van der Waals surface area contributed by atoms with E-state index < -0.39 is 0 Å². The Kier molecular flexibility index (Phi) is 6.06. The van der Waals surface area contributed by atoms with Crippen LogP contribution in [0.2, 0.25) is 5.02 Å². The predicted octanol–water partition coefficient (Wildman–Crippen LogP) is 4.24. The third-order valence-corrected chi connectivity index (χ3v) is 5.01. The summed E-state index contributed by atoms with van der Waals surface area (Å²) in [6.07, 6.45) is 4.04. The molecule has 27 heavy (non-hydrogen) atoms. The summed E-state index contributed by atoms with van der Waals surface area (Å²) in [5.41, 5.74) is 1.03. The molecule has 2 aromatic rings. The largest absolute Gasteiger partial charge is 0.495 e. The molecule has 1 fully saturated rings. The van der Waals surface area contributed by atoms with Gasteiger partial charge in [-0.3, -0.25) is 4.79 Å². The number of benzene rings is 1. The van der Waals surface area contributed by atoms with Gasteiger partial charge >= 0.3 is 0 Å². The maximum atomic E-state index is 12.8. The fourth-order valence-corrected chi connectivity index (χ4v) is 3.51. The van der Waals surface area contributed by atoms with Crippen molar-refractivity contribution in [3.63, 3.8) is 0 Å². The summed E-state index contributed by atoms with van der Waals surface area (Å²) < 4.78 is 10.5. The predicted molar refractivity (Wildman–Crippen MR) is 107 cm³/mol. The molecule has 3 rings (SSSR count). The van der Waals surface area contributed by atoms with E-state index in [1.807, 2.05) is 6.07 Å². The quantitative estimate of drug-likeness (QED) is 0.828.